The maximum Gasteiger partial charge on any atom is 0.248 e. The second-order valence-electron chi connectivity index (χ2n) is 5.21. The van der Waals surface area contributed by atoms with Crippen LogP contribution in [0, 0.1) is 0 Å². The molecule has 118 valence electrons. The Morgan fingerprint density at radius 3 is 2.83 bits per heavy atom. The van der Waals surface area contributed by atoms with Gasteiger partial charge in [0, 0.05) is 23.8 Å². The van der Waals surface area contributed by atoms with Gasteiger partial charge in [0.15, 0.2) is 0 Å². The number of hydrogen-bond donors (Lipinski definition) is 1. The molecular formula is C17H17N3O2S. The van der Waals surface area contributed by atoms with Gasteiger partial charge in [-0.3, -0.25) is 4.79 Å². The zero-order valence-electron chi connectivity index (χ0n) is 12.7. The highest BCUT2D eigenvalue weighted by Gasteiger charge is 2.13. The lowest BCUT2D eigenvalue weighted by atomic mass is 10.1. The van der Waals surface area contributed by atoms with E-state index < -0.39 is 0 Å². The van der Waals surface area contributed by atoms with E-state index in [1.807, 2.05) is 54.1 Å². The van der Waals surface area contributed by atoms with Crippen molar-refractivity contribution in [1.29, 1.82) is 0 Å². The van der Waals surface area contributed by atoms with E-state index in [1.165, 1.54) is 0 Å². The van der Waals surface area contributed by atoms with E-state index in [0.29, 0.717) is 24.6 Å². The summed E-state index contributed by atoms with van der Waals surface area (Å²) in [5, 5.41) is 14.9. The standard InChI is InChI=1S/C17H17N3O2S/c1-12(13-5-3-2-4-6-13)18-15(21)7-8-16-19-20-17(22-16)14-9-10-23-11-14/h2-6,9-12H,7-8H2,1H3,(H,18,21). The molecule has 1 unspecified atom stereocenters. The number of nitrogens with one attached hydrogen (secondary N) is 1. The van der Waals surface area contributed by atoms with Crippen molar-refractivity contribution in [3.05, 3.63) is 58.6 Å². The molecule has 1 aromatic carbocycles. The molecule has 3 rings (SSSR count). The average Bonchev–Trinajstić information content (AvgIpc) is 3.25. The van der Waals surface area contributed by atoms with Crippen LogP contribution >= 0.6 is 11.3 Å². The van der Waals surface area contributed by atoms with Gasteiger partial charge in [-0.15, -0.1) is 10.2 Å². The Morgan fingerprint density at radius 2 is 2.09 bits per heavy atom. The van der Waals surface area contributed by atoms with Crippen LogP contribution < -0.4 is 5.32 Å². The van der Waals surface area contributed by atoms with Gasteiger partial charge < -0.3 is 9.73 Å². The molecule has 0 bridgehead atoms. The number of carbonyl (C=O) groups excluding carboxylic acids is 1. The van der Waals surface area contributed by atoms with Crippen LogP contribution in [-0.2, 0) is 11.2 Å². The number of thiophene rings is 1. The second kappa shape index (κ2) is 7.19. The monoisotopic (exact) mass is 327 g/mol. The third-order valence-electron chi connectivity index (χ3n) is 3.48. The fourth-order valence-corrected chi connectivity index (χ4v) is 2.85. The lowest BCUT2D eigenvalue weighted by Gasteiger charge is -2.13. The van der Waals surface area contributed by atoms with Crippen LogP contribution in [0.15, 0.2) is 51.6 Å². The molecule has 2 heterocycles. The molecule has 0 saturated carbocycles. The normalized spacial score (nSPS) is 12.0. The minimum atomic E-state index is -0.0309. The second-order valence-corrected chi connectivity index (χ2v) is 5.99. The van der Waals surface area contributed by atoms with Gasteiger partial charge in [-0.1, -0.05) is 30.3 Å². The van der Waals surface area contributed by atoms with E-state index in [1.54, 1.807) is 11.3 Å². The van der Waals surface area contributed by atoms with Crippen molar-refractivity contribution >= 4 is 17.2 Å². The molecule has 0 aliphatic heterocycles. The van der Waals surface area contributed by atoms with Crippen molar-refractivity contribution in [2.45, 2.75) is 25.8 Å². The fraction of sp³-hybridized carbons (Fsp3) is 0.235. The molecule has 3 aromatic rings. The topological polar surface area (TPSA) is 68.0 Å². The summed E-state index contributed by atoms with van der Waals surface area (Å²) in [6.07, 6.45) is 0.757. The van der Waals surface area contributed by atoms with Crippen LogP contribution in [-0.4, -0.2) is 16.1 Å². The molecule has 1 amide bonds. The number of nitrogens with zero attached hydrogens (tertiary/aromatic N) is 2. The van der Waals surface area contributed by atoms with E-state index in [9.17, 15) is 4.79 Å². The number of aromatic nitrogens is 2. The summed E-state index contributed by atoms with van der Waals surface area (Å²) < 4.78 is 5.57. The fourth-order valence-electron chi connectivity index (χ4n) is 2.22. The predicted molar refractivity (Wildman–Crippen MR) is 88.9 cm³/mol. The SMILES string of the molecule is CC(NC(=O)CCc1nnc(-c2ccsc2)o1)c1ccccc1. The molecule has 23 heavy (non-hydrogen) atoms. The maximum absolute atomic E-state index is 12.0. The van der Waals surface area contributed by atoms with Gasteiger partial charge in [0.05, 0.1) is 6.04 Å². The lowest BCUT2D eigenvalue weighted by molar-refractivity contribution is -0.121. The first-order valence-electron chi connectivity index (χ1n) is 7.41. The van der Waals surface area contributed by atoms with Crippen molar-refractivity contribution < 1.29 is 9.21 Å². The average molecular weight is 327 g/mol. The first-order chi connectivity index (χ1) is 11.2. The van der Waals surface area contributed by atoms with E-state index in [2.05, 4.69) is 15.5 Å². The molecule has 2 aromatic heterocycles. The molecule has 6 heteroatoms. The number of aryl methyl sites for hydroxylation is 1. The maximum atomic E-state index is 12.0. The van der Waals surface area contributed by atoms with Gasteiger partial charge >= 0.3 is 0 Å². The van der Waals surface area contributed by atoms with Gasteiger partial charge in [-0.25, -0.2) is 0 Å². The zero-order chi connectivity index (χ0) is 16.1. The van der Waals surface area contributed by atoms with Gasteiger partial charge in [-0.2, -0.15) is 11.3 Å². The van der Waals surface area contributed by atoms with Crippen molar-refractivity contribution in [2.75, 3.05) is 0 Å². The summed E-state index contributed by atoms with van der Waals surface area (Å²) in [7, 11) is 0. The van der Waals surface area contributed by atoms with Crippen LogP contribution in [0.4, 0.5) is 0 Å². The van der Waals surface area contributed by atoms with Crippen molar-refractivity contribution in [2.24, 2.45) is 0 Å². The Labute approximate surface area is 138 Å². The smallest absolute Gasteiger partial charge is 0.248 e. The summed E-state index contributed by atoms with van der Waals surface area (Å²) in [6, 6.07) is 11.8. The Morgan fingerprint density at radius 1 is 1.26 bits per heavy atom. The highest BCUT2D eigenvalue weighted by molar-refractivity contribution is 7.08. The van der Waals surface area contributed by atoms with Gasteiger partial charge in [0.25, 0.3) is 0 Å². The number of carbonyl (C=O) groups is 1. The Hall–Kier alpha value is -2.47. The van der Waals surface area contributed by atoms with Crippen molar-refractivity contribution in [3.63, 3.8) is 0 Å². The first kappa shape index (κ1) is 15.4. The quantitative estimate of drug-likeness (QED) is 0.751. The molecule has 5 nitrogen and oxygen atoms in total. The summed E-state index contributed by atoms with van der Waals surface area (Å²) in [5.74, 6) is 0.949. The predicted octanol–water partition coefficient (Wildman–Crippen LogP) is 3.61. The Balaban J connectivity index is 1.51. The molecule has 0 aliphatic carbocycles. The number of benzene rings is 1. The van der Waals surface area contributed by atoms with Crippen LogP contribution in [0.25, 0.3) is 11.5 Å². The number of hydrogen-bond acceptors (Lipinski definition) is 5. The Kier molecular flexibility index (Phi) is 4.83. The lowest BCUT2D eigenvalue weighted by Crippen LogP contribution is -2.26. The first-order valence-corrected chi connectivity index (χ1v) is 8.36. The number of amides is 1. The zero-order valence-corrected chi connectivity index (χ0v) is 13.5. The van der Waals surface area contributed by atoms with Gasteiger partial charge in [0.1, 0.15) is 0 Å². The molecule has 0 radical (unpaired) electrons. The third kappa shape index (κ3) is 4.04. The number of rotatable bonds is 6. The van der Waals surface area contributed by atoms with Crippen molar-refractivity contribution in [1.82, 2.24) is 15.5 Å². The van der Waals surface area contributed by atoms with Crippen LogP contribution in [0.3, 0.4) is 0 Å². The summed E-state index contributed by atoms with van der Waals surface area (Å²) in [4.78, 5) is 12.0. The van der Waals surface area contributed by atoms with Crippen molar-refractivity contribution in [3.8, 4) is 11.5 Å². The van der Waals surface area contributed by atoms with E-state index in [0.717, 1.165) is 11.1 Å². The van der Waals surface area contributed by atoms with Crippen LogP contribution in [0.1, 0.15) is 30.8 Å². The highest BCUT2D eigenvalue weighted by Crippen LogP contribution is 2.20. The minimum Gasteiger partial charge on any atom is -0.421 e. The molecule has 0 spiro atoms. The van der Waals surface area contributed by atoms with E-state index in [4.69, 9.17) is 4.42 Å². The molecule has 1 atom stereocenters. The van der Waals surface area contributed by atoms with Gasteiger partial charge in [0.2, 0.25) is 17.7 Å². The Bertz CT molecular complexity index is 753. The molecule has 0 fully saturated rings. The molecule has 0 aliphatic rings. The minimum absolute atomic E-state index is 0.0206. The van der Waals surface area contributed by atoms with Gasteiger partial charge in [-0.05, 0) is 23.9 Å². The summed E-state index contributed by atoms with van der Waals surface area (Å²) in [5.41, 5.74) is 1.99. The summed E-state index contributed by atoms with van der Waals surface area (Å²) in [6.45, 7) is 1.97. The largest absolute Gasteiger partial charge is 0.421 e. The van der Waals surface area contributed by atoms with E-state index >= 15 is 0 Å². The van der Waals surface area contributed by atoms with E-state index in [-0.39, 0.29) is 11.9 Å². The molecule has 1 N–H and O–H groups in total. The van der Waals surface area contributed by atoms with Crippen LogP contribution in [0.5, 0.6) is 0 Å². The molecular weight excluding hydrogens is 310 g/mol. The molecule has 0 saturated heterocycles. The highest BCUT2D eigenvalue weighted by atomic mass is 32.1. The van der Waals surface area contributed by atoms with Crippen LogP contribution in [0.2, 0.25) is 0 Å². The third-order valence-corrected chi connectivity index (χ3v) is 4.16. The summed E-state index contributed by atoms with van der Waals surface area (Å²) >= 11 is 1.57.